The summed E-state index contributed by atoms with van der Waals surface area (Å²) in [5.41, 5.74) is 3.63. The largest absolute Gasteiger partial charge is 0.271 e. The molecule has 80 valence electrons. The van der Waals surface area contributed by atoms with Gasteiger partial charge in [-0.3, -0.25) is 4.79 Å². The van der Waals surface area contributed by atoms with Gasteiger partial charge in [0.15, 0.2) is 0 Å². The number of benzene rings is 1. The van der Waals surface area contributed by atoms with Crippen LogP contribution in [0, 0.1) is 5.82 Å². The first-order valence-electron chi connectivity index (χ1n) is 4.72. The third-order valence-electron chi connectivity index (χ3n) is 1.97. The highest BCUT2D eigenvalue weighted by molar-refractivity contribution is 5.95. The van der Waals surface area contributed by atoms with Crippen molar-refractivity contribution in [3.63, 3.8) is 0 Å². The van der Waals surface area contributed by atoms with Gasteiger partial charge in [0.05, 0.1) is 0 Å². The quantitative estimate of drug-likeness (QED) is 0.601. The van der Waals surface area contributed by atoms with Gasteiger partial charge < -0.3 is 0 Å². The SMILES string of the molecule is CC/C(C)=N/NC(=O)c1ccc(F)cc1. The number of hydrogen-bond donors (Lipinski definition) is 1. The molecule has 0 aliphatic heterocycles. The summed E-state index contributed by atoms with van der Waals surface area (Å²) in [6.45, 7) is 3.77. The van der Waals surface area contributed by atoms with Crippen LogP contribution in [0.15, 0.2) is 29.4 Å². The van der Waals surface area contributed by atoms with E-state index in [0.29, 0.717) is 5.56 Å². The molecule has 0 heterocycles. The minimum Gasteiger partial charge on any atom is -0.267 e. The van der Waals surface area contributed by atoms with E-state index in [2.05, 4.69) is 10.5 Å². The molecule has 1 aromatic rings. The van der Waals surface area contributed by atoms with Crippen molar-refractivity contribution in [1.29, 1.82) is 0 Å². The zero-order chi connectivity index (χ0) is 11.3. The molecule has 0 radical (unpaired) electrons. The second kappa shape index (κ2) is 5.24. The molecule has 1 aromatic carbocycles. The van der Waals surface area contributed by atoms with E-state index in [9.17, 15) is 9.18 Å². The lowest BCUT2D eigenvalue weighted by Gasteiger charge is -2.00. The van der Waals surface area contributed by atoms with Crippen molar-refractivity contribution >= 4 is 11.6 Å². The Bertz CT molecular complexity index is 371. The Kier molecular flexibility index (Phi) is 3.97. The third kappa shape index (κ3) is 3.50. The van der Waals surface area contributed by atoms with Crippen LogP contribution in [0.4, 0.5) is 4.39 Å². The Hall–Kier alpha value is -1.71. The van der Waals surface area contributed by atoms with Crippen LogP contribution in [0.1, 0.15) is 30.6 Å². The van der Waals surface area contributed by atoms with Gasteiger partial charge in [0, 0.05) is 11.3 Å². The third-order valence-corrected chi connectivity index (χ3v) is 1.97. The van der Waals surface area contributed by atoms with E-state index in [1.165, 1.54) is 24.3 Å². The molecule has 0 aliphatic carbocycles. The Morgan fingerprint density at radius 1 is 1.40 bits per heavy atom. The van der Waals surface area contributed by atoms with Crippen LogP contribution in [0.2, 0.25) is 0 Å². The number of carbonyl (C=O) groups excluding carboxylic acids is 1. The van der Waals surface area contributed by atoms with Crippen LogP contribution in [-0.4, -0.2) is 11.6 Å². The maximum absolute atomic E-state index is 12.6. The van der Waals surface area contributed by atoms with Crippen LogP contribution in [0.3, 0.4) is 0 Å². The molecule has 15 heavy (non-hydrogen) atoms. The standard InChI is InChI=1S/C11H13FN2O/c1-3-8(2)13-14-11(15)9-4-6-10(12)7-5-9/h4-7H,3H2,1-2H3,(H,14,15)/b13-8+. The average molecular weight is 208 g/mol. The van der Waals surface area contributed by atoms with Crippen LogP contribution >= 0.6 is 0 Å². The number of hydrazone groups is 1. The molecule has 0 saturated carbocycles. The maximum atomic E-state index is 12.6. The van der Waals surface area contributed by atoms with E-state index in [-0.39, 0.29) is 11.7 Å². The number of carbonyl (C=O) groups is 1. The monoisotopic (exact) mass is 208 g/mol. The van der Waals surface area contributed by atoms with Gasteiger partial charge in [-0.05, 0) is 37.6 Å². The van der Waals surface area contributed by atoms with Crippen molar-refractivity contribution in [2.75, 3.05) is 0 Å². The molecule has 1 rings (SSSR count). The molecule has 0 unspecified atom stereocenters. The zero-order valence-electron chi connectivity index (χ0n) is 8.75. The summed E-state index contributed by atoms with van der Waals surface area (Å²) in [6.07, 6.45) is 0.781. The number of nitrogens with one attached hydrogen (secondary N) is 1. The molecule has 0 fully saturated rings. The molecular weight excluding hydrogens is 195 g/mol. The summed E-state index contributed by atoms with van der Waals surface area (Å²) in [4.78, 5) is 11.4. The van der Waals surface area contributed by atoms with E-state index in [1.807, 2.05) is 13.8 Å². The minimum absolute atomic E-state index is 0.331. The highest BCUT2D eigenvalue weighted by atomic mass is 19.1. The lowest BCUT2D eigenvalue weighted by Crippen LogP contribution is -2.18. The van der Waals surface area contributed by atoms with E-state index in [1.54, 1.807) is 0 Å². The van der Waals surface area contributed by atoms with Crippen molar-refractivity contribution in [3.8, 4) is 0 Å². The van der Waals surface area contributed by atoms with Crippen molar-refractivity contribution in [2.24, 2.45) is 5.10 Å². The second-order valence-corrected chi connectivity index (χ2v) is 3.15. The molecule has 3 nitrogen and oxygen atoms in total. The average Bonchev–Trinajstić information content (AvgIpc) is 2.26. The number of amides is 1. The molecular formula is C11H13FN2O. The number of halogens is 1. The fourth-order valence-corrected chi connectivity index (χ4v) is 0.891. The van der Waals surface area contributed by atoms with Gasteiger partial charge in [0.25, 0.3) is 5.91 Å². The van der Waals surface area contributed by atoms with Gasteiger partial charge in [-0.1, -0.05) is 6.92 Å². The number of rotatable bonds is 3. The van der Waals surface area contributed by atoms with Crippen LogP contribution in [0.5, 0.6) is 0 Å². The summed E-state index contributed by atoms with van der Waals surface area (Å²) >= 11 is 0. The van der Waals surface area contributed by atoms with Gasteiger partial charge in [0.1, 0.15) is 5.82 Å². The first-order valence-corrected chi connectivity index (χ1v) is 4.72. The fourth-order valence-electron chi connectivity index (χ4n) is 0.891. The summed E-state index contributed by atoms with van der Waals surface area (Å²) in [5.74, 6) is -0.692. The molecule has 0 spiro atoms. The van der Waals surface area contributed by atoms with Crippen molar-refractivity contribution in [1.82, 2.24) is 5.43 Å². The van der Waals surface area contributed by atoms with E-state index in [0.717, 1.165) is 12.1 Å². The number of nitrogens with zero attached hydrogens (tertiary/aromatic N) is 1. The lowest BCUT2D eigenvalue weighted by molar-refractivity contribution is 0.0954. The fraction of sp³-hybridized carbons (Fsp3) is 0.273. The maximum Gasteiger partial charge on any atom is 0.271 e. The van der Waals surface area contributed by atoms with Gasteiger partial charge >= 0.3 is 0 Å². The highest BCUT2D eigenvalue weighted by Gasteiger charge is 2.03. The topological polar surface area (TPSA) is 41.5 Å². The highest BCUT2D eigenvalue weighted by Crippen LogP contribution is 2.02. The Morgan fingerprint density at radius 2 is 2.00 bits per heavy atom. The molecule has 4 heteroatoms. The second-order valence-electron chi connectivity index (χ2n) is 3.15. The summed E-state index contributed by atoms with van der Waals surface area (Å²) < 4.78 is 12.6. The van der Waals surface area contributed by atoms with Crippen LogP contribution < -0.4 is 5.43 Å². The predicted octanol–water partition coefficient (Wildman–Crippen LogP) is 2.34. The first kappa shape index (κ1) is 11.4. The zero-order valence-corrected chi connectivity index (χ0v) is 8.75. The van der Waals surface area contributed by atoms with Crippen LogP contribution in [-0.2, 0) is 0 Å². The molecule has 1 amide bonds. The number of hydrogen-bond acceptors (Lipinski definition) is 2. The predicted molar refractivity (Wildman–Crippen MR) is 57.3 cm³/mol. The molecule has 0 aromatic heterocycles. The molecule has 1 N–H and O–H groups in total. The Labute approximate surface area is 88.0 Å². The smallest absolute Gasteiger partial charge is 0.267 e. The van der Waals surface area contributed by atoms with Crippen molar-refractivity contribution in [3.05, 3.63) is 35.6 Å². The van der Waals surface area contributed by atoms with E-state index < -0.39 is 0 Å². The van der Waals surface area contributed by atoms with Gasteiger partial charge in [-0.2, -0.15) is 5.10 Å². The lowest BCUT2D eigenvalue weighted by atomic mass is 10.2. The normalized spacial score (nSPS) is 11.3. The molecule has 0 atom stereocenters. The van der Waals surface area contributed by atoms with E-state index >= 15 is 0 Å². The van der Waals surface area contributed by atoms with Gasteiger partial charge in [-0.15, -0.1) is 0 Å². The summed E-state index contributed by atoms with van der Waals surface area (Å²) in [6, 6.07) is 5.32. The molecule has 0 aliphatic rings. The molecule has 0 bridgehead atoms. The van der Waals surface area contributed by atoms with Gasteiger partial charge in [-0.25, -0.2) is 9.82 Å². The van der Waals surface area contributed by atoms with Crippen molar-refractivity contribution in [2.45, 2.75) is 20.3 Å². The Balaban J connectivity index is 2.66. The van der Waals surface area contributed by atoms with Crippen LogP contribution in [0.25, 0.3) is 0 Å². The van der Waals surface area contributed by atoms with Crippen molar-refractivity contribution < 1.29 is 9.18 Å². The summed E-state index contributed by atoms with van der Waals surface area (Å²) in [5, 5.41) is 3.86. The molecule has 0 saturated heterocycles. The summed E-state index contributed by atoms with van der Waals surface area (Å²) in [7, 11) is 0. The first-order chi connectivity index (χ1) is 7.13. The Morgan fingerprint density at radius 3 is 2.53 bits per heavy atom. The van der Waals surface area contributed by atoms with E-state index in [4.69, 9.17) is 0 Å². The minimum atomic E-state index is -0.361. The van der Waals surface area contributed by atoms with Gasteiger partial charge in [0.2, 0.25) is 0 Å².